The number of methoxy groups -OCH3 is 1. The Morgan fingerprint density at radius 1 is 1.06 bits per heavy atom. The average Bonchev–Trinajstić information content (AvgIpc) is 3.37. The summed E-state index contributed by atoms with van der Waals surface area (Å²) in [5.41, 5.74) is 2.09. The van der Waals surface area contributed by atoms with Crippen LogP contribution in [-0.2, 0) is 19.1 Å². The molecular weight excluding hydrogens is 406 g/mol. The van der Waals surface area contributed by atoms with E-state index in [1.54, 1.807) is 0 Å². The van der Waals surface area contributed by atoms with Crippen molar-refractivity contribution >= 4 is 11.9 Å². The van der Waals surface area contributed by atoms with Gasteiger partial charge in [0.05, 0.1) is 31.0 Å². The van der Waals surface area contributed by atoms with E-state index >= 15 is 0 Å². The molecule has 2 fully saturated rings. The zero-order chi connectivity index (χ0) is 23.7. The summed E-state index contributed by atoms with van der Waals surface area (Å²) in [6.45, 7) is 12.5. The smallest absolute Gasteiger partial charge is 0.308 e. The van der Waals surface area contributed by atoms with Crippen LogP contribution >= 0.6 is 0 Å². The van der Waals surface area contributed by atoms with Crippen molar-refractivity contribution in [3.63, 3.8) is 0 Å². The normalized spacial score (nSPS) is 22.2. The van der Waals surface area contributed by atoms with Gasteiger partial charge in [0.15, 0.2) is 0 Å². The summed E-state index contributed by atoms with van der Waals surface area (Å²) >= 11 is 0. The molecular formula is C25H41N3O4. The van der Waals surface area contributed by atoms with Crippen LogP contribution in [0, 0.1) is 11.3 Å². The fraction of sp³-hybridized carbons (Fsp3) is 0.840. The van der Waals surface area contributed by atoms with E-state index < -0.39 is 5.60 Å². The van der Waals surface area contributed by atoms with Crippen LogP contribution in [0.15, 0.2) is 0 Å². The van der Waals surface area contributed by atoms with Gasteiger partial charge in [-0.05, 0) is 70.6 Å². The molecule has 0 aliphatic heterocycles. The second kappa shape index (κ2) is 9.52. The maximum absolute atomic E-state index is 12.6. The van der Waals surface area contributed by atoms with Gasteiger partial charge in [-0.1, -0.05) is 26.0 Å². The lowest BCUT2D eigenvalue weighted by atomic mass is 9.67. The monoisotopic (exact) mass is 447 g/mol. The maximum Gasteiger partial charge on any atom is 0.308 e. The van der Waals surface area contributed by atoms with Gasteiger partial charge in [-0.2, -0.15) is 0 Å². The highest BCUT2D eigenvalue weighted by atomic mass is 16.6. The second-order valence-corrected chi connectivity index (χ2v) is 11.9. The van der Waals surface area contributed by atoms with Gasteiger partial charge in [-0.25, -0.2) is 4.68 Å². The highest BCUT2D eigenvalue weighted by Gasteiger charge is 2.41. The second-order valence-electron chi connectivity index (χ2n) is 11.9. The molecule has 2 saturated carbocycles. The number of rotatable bonds is 9. The van der Waals surface area contributed by atoms with Gasteiger partial charge in [-0.3, -0.25) is 9.59 Å². The molecule has 0 N–H and O–H groups in total. The van der Waals surface area contributed by atoms with E-state index in [4.69, 9.17) is 9.47 Å². The van der Waals surface area contributed by atoms with Crippen molar-refractivity contribution in [3.8, 4) is 0 Å². The highest BCUT2D eigenvalue weighted by molar-refractivity contribution is 5.71. The Morgan fingerprint density at radius 2 is 1.72 bits per heavy atom. The standard InChI is InChI=1S/C25H41N3O4/c1-24(2,3)15-16-12-18(13-16)22-23(17-8-9-17)28(27-26-22)19(10-11-20(29)31-7)14-21(30)32-25(4,5)6/h16-19H,8-15H2,1-7H3/t16-,18+,19-/m0/s1. The Kier molecular flexibility index (Phi) is 7.35. The minimum absolute atomic E-state index is 0.175. The van der Waals surface area contributed by atoms with Crippen LogP contribution in [0.4, 0.5) is 0 Å². The number of aromatic nitrogens is 3. The van der Waals surface area contributed by atoms with E-state index in [0.717, 1.165) is 37.3 Å². The van der Waals surface area contributed by atoms with Crippen molar-refractivity contribution in [1.29, 1.82) is 0 Å². The first-order valence-electron chi connectivity index (χ1n) is 12.1. The van der Waals surface area contributed by atoms with Crippen LogP contribution in [0.25, 0.3) is 0 Å². The molecule has 7 heteroatoms. The van der Waals surface area contributed by atoms with Crippen molar-refractivity contribution in [3.05, 3.63) is 11.4 Å². The predicted octanol–water partition coefficient (Wildman–Crippen LogP) is 5.31. The van der Waals surface area contributed by atoms with Gasteiger partial charge in [0.25, 0.3) is 0 Å². The lowest BCUT2D eigenvalue weighted by Crippen LogP contribution is -2.28. The van der Waals surface area contributed by atoms with Crippen LogP contribution in [0.5, 0.6) is 0 Å². The van der Waals surface area contributed by atoms with Crippen molar-refractivity contribution in [2.75, 3.05) is 7.11 Å². The van der Waals surface area contributed by atoms with E-state index in [0.29, 0.717) is 23.7 Å². The Hall–Kier alpha value is -1.92. The topological polar surface area (TPSA) is 83.3 Å². The predicted molar refractivity (Wildman–Crippen MR) is 122 cm³/mol. The van der Waals surface area contributed by atoms with Crippen LogP contribution in [0.3, 0.4) is 0 Å². The Morgan fingerprint density at radius 3 is 2.25 bits per heavy atom. The van der Waals surface area contributed by atoms with Gasteiger partial charge in [0.1, 0.15) is 5.60 Å². The molecule has 0 aromatic carbocycles. The summed E-state index contributed by atoms with van der Waals surface area (Å²) in [5, 5.41) is 9.17. The third-order valence-corrected chi connectivity index (χ3v) is 6.32. The van der Waals surface area contributed by atoms with Crippen molar-refractivity contribution in [2.45, 2.75) is 116 Å². The van der Waals surface area contributed by atoms with Crippen molar-refractivity contribution in [2.24, 2.45) is 11.3 Å². The highest BCUT2D eigenvalue weighted by Crippen LogP contribution is 2.51. The minimum atomic E-state index is -0.551. The fourth-order valence-electron chi connectivity index (χ4n) is 4.89. The first-order chi connectivity index (χ1) is 14.9. The molecule has 2 aliphatic carbocycles. The number of nitrogens with zero attached hydrogens (tertiary/aromatic N) is 3. The number of ether oxygens (including phenoxy) is 2. The summed E-state index contributed by atoms with van der Waals surface area (Å²) < 4.78 is 12.3. The summed E-state index contributed by atoms with van der Waals surface area (Å²) in [5.74, 6) is 1.10. The third kappa shape index (κ3) is 6.79. The number of carbonyl (C=O) groups excluding carboxylic acids is 2. The van der Waals surface area contributed by atoms with Gasteiger partial charge < -0.3 is 9.47 Å². The first-order valence-corrected chi connectivity index (χ1v) is 12.1. The lowest BCUT2D eigenvalue weighted by molar-refractivity contribution is -0.156. The average molecular weight is 448 g/mol. The zero-order valence-electron chi connectivity index (χ0n) is 20.9. The Balaban J connectivity index is 1.78. The molecule has 0 unspecified atom stereocenters. The van der Waals surface area contributed by atoms with Gasteiger partial charge in [0, 0.05) is 18.3 Å². The van der Waals surface area contributed by atoms with E-state index in [1.165, 1.54) is 19.2 Å². The Labute approximate surface area is 192 Å². The summed E-state index contributed by atoms with van der Waals surface area (Å²) in [7, 11) is 1.39. The van der Waals surface area contributed by atoms with Crippen LogP contribution in [-0.4, -0.2) is 39.6 Å². The van der Waals surface area contributed by atoms with Crippen molar-refractivity contribution in [1.82, 2.24) is 15.0 Å². The largest absolute Gasteiger partial charge is 0.469 e. The van der Waals surface area contributed by atoms with Gasteiger partial charge in [-0.15, -0.1) is 5.10 Å². The number of hydrogen-bond donors (Lipinski definition) is 0. The molecule has 1 heterocycles. The zero-order valence-corrected chi connectivity index (χ0v) is 20.9. The molecule has 0 bridgehead atoms. The molecule has 3 rings (SSSR count). The minimum Gasteiger partial charge on any atom is -0.469 e. The third-order valence-electron chi connectivity index (χ3n) is 6.32. The molecule has 32 heavy (non-hydrogen) atoms. The molecule has 1 aromatic rings. The number of carbonyl (C=O) groups is 2. The maximum atomic E-state index is 12.6. The molecule has 0 amide bonds. The fourth-order valence-corrected chi connectivity index (χ4v) is 4.89. The summed E-state index contributed by atoms with van der Waals surface area (Å²) in [6.07, 6.45) is 6.71. The molecule has 1 atom stereocenters. The molecule has 2 aliphatic rings. The van der Waals surface area contributed by atoms with E-state index in [-0.39, 0.29) is 30.8 Å². The number of hydrogen-bond acceptors (Lipinski definition) is 6. The van der Waals surface area contributed by atoms with Crippen LogP contribution in [0.1, 0.15) is 122 Å². The number of esters is 2. The lowest BCUT2D eigenvalue weighted by Gasteiger charge is -2.38. The molecule has 0 radical (unpaired) electrons. The van der Waals surface area contributed by atoms with E-state index in [9.17, 15) is 9.59 Å². The molecule has 180 valence electrons. The Bertz CT molecular complexity index is 808. The SMILES string of the molecule is COC(=O)CC[C@@H](CC(=O)OC(C)(C)C)n1nnc([C@H]2C[C@@H](CC(C)(C)C)C2)c1C1CC1. The van der Waals surface area contributed by atoms with Gasteiger partial charge in [0.2, 0.25) is 0 Å². The summed E-state index contributed by atoms with van der Waals surface area (Å²) in [4.78, 5) is 24.5. The van der Waals surface area contributed by atoms with Crippen LogP contribution < -0.4 is 0 Å². The molecule has 7 nitrogen and oxygen atoms in total. The van der Waals surface area contributed by atoms with E-state index in [2.05, 4.69) is 31.1 Å². The molecule has 0 spiro atoms. The van der Waals surface area contributed by atoms with Gasteiger partial charge >= 0.3 is 11.9 Å². The first kappa shape index (κ1) is 24.7. The summed E-state index contributed by atoms with van der Waals surface area (Å²) in [6, 6.07) is -0.258. The molecule has 0 saturated heterocycles. The van der Waals surface area contributed by atoms with Crippen LogP contribution in [0.2, 0.25) is 0 Å². The van der Waals surface area contributed by atoms with E-state index in [1.807, 2.05) is 25.5 Å². The quantitative estimate of drug-likeness (QED) is 0.477. The van der Waals surface area contributed by atoms with Crippen molar-refractivity contribution < 1.29 is 19.1 Å². The molecule has 1 aromatic heterocycles.